The summed E-state index contributed by atoms with van der Waals surface area (Å²) in [6, 6.07) is 0. The van der Waals surface area contributed by atoms with Crippen LogP contribution in [0.4, 0.5) is 0 Å². The van der Waals surface area contributed by atoms with Crippen molar-refractivity contribution >= 4 is 5.97 Å². The zero-order valence-electron chi connectivity index (χ0n) is 13.3. The summed E-state index contributed by atoms with van der Waals surface area (Å²) in [5, 5.41) is 4.29. The molecule has 2 rings (SSSR count). The molecule has 0 saturated carbocycles. The van der Waals surface area contributed by atoms with Crippen molar-refractivity contribution in [1.29, 1.82) is 0 Å². The lowest BCUT2D eigenvalue weighted by Crippen LogP contribution is -2.39. The van der Waals surface area contributed by atoms with Gasteiger partial charge in [-0.15, -0.1) is 0 Å². The summed E-state index contributed by atoms with van der Waals surface area (Å²) in [5.41, 5.74) is 0. The predicted molar refractivity (Wildman–Crippen MR) is 79.5 cm³/mol. The molecule has 1 aliphatic rings. The summed E-state index contributed by atoms with van der Waals surface area (Å²) in [6.45, 7) is 10.0. The average Bonchev–Trinajstić information content (AvgIpc) is 2.86. The van der Waals surface area contributed by atoms with E-state index in [1.807, 2.05) is 11.6 Å². The Balaban J connectivity index is 1.93. The molecule has 1 aromatic heterocycles. The Kier molecular flexibility index (Phi) is 5.73. The second-order valence-electron chi connectivity index (χ2n) is 6.08. The Morgan fingerprint density at radius 3 is 3.05 bits per heavy atom. The molecule has 2 heterocycles. The third-order valence-corrected chi connectivity index (χ3v) is 3.72. The second kappa shape index (κ2) is 7.54. The number of ether oxygens (including phenoxy) is 1. The van der Waals surface area contributed by atoms with Gasteiger partial charge in [-0.3, -0.25) is 9.69 Å². The predicted octanol–water partition coefficient (Wildman–Crippen LogP) is 1.71. The lowest BCUT2D eigenvalue weighted by atomic mass is 9.98. The van der Waals surface area contributed by atoms with Crippen LogP contribution in [0.15, 0.2) is 6.33 Å². The van der Waals surface area contributed by atoms with Gasteiger partial charge in [0.25, 0.3) is 0 Å². The van der Waals surface area contributed by atoms with Crippen molar-refractivity contribution in [2.24, 2.45) is 11.8 Å². The normalized spacial score (nSPS) is 19.9. The fourth-order valence-corrected chi connectivity index (χ4v) is 2.76. The fraction of sp³-hybridized carbons (Fsp3) is 0.800. The number of rotatable bonds is 6. The number of nitrogens with zero attached hydrogens (tertiary/aromatic N) is 4. The topological polar surface area (TPSA) is 60.2 Å². The lowest BCUT2D eigenvalue weighted by molar-refractivity contribution is -0.150. The molecule has 0 spiro atoms. The molecule has 0 N–H and O–H groups in total. The highest BCUT2D eigenvalue weighted by atomic mass is 16.5. The maximum absolute atomic E-state index is 11.9. The zero-order valence-corrected chi connectivity index (χ0v) is 13.3. The van der Waals surface area contributed by atoms with Gasteiger partial charge < -0.3 is 4.74 Å². The summed E-state index contributed by atoms with van der Waals surface area (Å²) < 4.78 is 7.11. The van der Waals surface area contributed by atoms with Crippen LogP contribution in [-0.4, -0.2) is 45.3 Å². The number of likely N-dealkylation sites (tertiary alicyclic amines) is 1. The van der Waals surface area contributed by atoms with Gasteiger partial charge in [0.15, 0.2) is 0 Å². The van der Waals surface area contributed by atoms with Gasteiger partial charge in [-0.25, -0.2) is 9.67 Å². The first-order valence-electron chi connectivity index (χ1n) is 7.85. The zero-order chi connectivity index (χ0) is 15.2. The van der Waals surface area contributed by atoms with Gasteiger partial charge >= 0.3 is 5.97 Å². The molecule has 0 radical (unpaired) electrons. The number of carbonyl (C=O) groups is 1. The highest BCUT2D eigenvalue weighted by Crippen LogP contribution is 2.19. The van der Waals surface area contributed by atoms with Crippen LogP contribution in [0, 0.1) is 11.8 Å². The fourth-order valence-electron chi connectivity index (χ4n) is 2.76. The highest BCUT2D eigenvalue weighted by molar-refractivity contribution is 5.72. The number of aromatic nitrogens is 3. The van der Waals surface area contributed by atoms with Crippen LogP contribution in [-0.2, 0) is 22.6 Å². The number of piperidine rings is 1. The maximum atomic E-state index is 11.9. The van der Waals surface area contributed by atoms with Crippen LogP contribution in [0.2, 0.25) is 0 Å². The monoisotopic (exact) mass is 294 g/mol. The average molecular weight is 294 g/mol. The van der Waals surface area contributed by atoms with Crippen molar-refractivity contribution < 1.29 is 9.53 Å². The van der Waals surface area contributed by atoms with Crippen LogP contribution in [0.5, 0.6) is 0 Å². The summed E-state index contributed by atoms with van der Waals surface area (Å²) in [6.07, 6.45) is 3.57. The van der Waals surface area contributed by atoms with Crippen molar-refractivity contribution in [2.75, 3.05) is 19.7 Å². The van der Waals surface area contributed by atoms with Gasteiger partial charge in [0, 0.05) is 13.1 Å². The van der Waals surface area contributed by atoms with Crippen molar-refractivity contribution in [1.82, 2.24) is 19.7 Å². The number of hydrogen-bond acceptors (Lipinski definition) is 5. The standard InChI is InChI=1S/C15H26N4O2/c1-4-21-15(20)13-6-5-7-18(9-13)10-14-16-11-17-19(14)8-12(2)3/h11-13H,4-10H2,1-3H3. The Bertz CT molecular complexity index is 458. The summed E-state index contributed by atoms with van der Waals surface area (Å²) in [7, 11) is 0. The Hall–Kier alpha value is -1.43. The molecular formula is C15H26N4O2. The number of esters is 1. The minimum Gasteiger partial charge on any atom is -0.466 e. The van der Waals surface area contributed by atoms with Crippen molar-refractivity contribution in [3.63, 3.8) is 0 Å². The van der Waals surface area contributed by atoms with Crippen molar-refractivity contribution in [2.45, 2.75) is 46.7 Å². The molecule has 1 fully saturated rings. The quantitative estimate of drug-likeness (QED) is 0.748. The molecule has 6 heteroatoms. The van der Waals surface area contributed by atoms with Crippen LogP contribution in [0.25, 0.3) is 0 Å². The van der Waals surface area contributed by atoms with Gasteiger partial charge in [0.1, 0.15) is 12.2 Å². The van der Waals surface area contributed by atoms with E-state index in [9.17, 15) is 4.79 Å². The van der Waals surface area contributed by atoms with E-state index in [2.05, 4.69) is 28.8 Å². The largest absolute Gasteiger partial charge is 0.466 e. The van der Waals surface area contributed by atoms with Gasteiger partial charge in [-0.05, 0) is 32.2 Å². The summed E-state index contributed by atoms with van der Waals surface area (Å²) >= 11 is 0. The van der Waals surface area contributed by atoms with E-state index in [0.717, 1.165) is 44.8 Å². The van der Waals surface area contributed by atoms with Gasteiger partial charge in [-0.2, -0.15) is 5.10 Å². The van der Waals surface area contributed by atoms with Crippen LogP contribution in [0.1, 0.15) is 39.4 Å². The number of hydrogen-bond donors (Lipinski definition) is 0. The first-order valence-corrected chi connectivity index (χ1v) is 7.85. The SMILES string of the molecule is CCOC(=O)C1CCCN(Cc2ncnn2CC(C)C)C1. The molecular weight excluding hydrogens is 268 g/mol. The molecule has 0 bridgehead atoms. The van der Waals surface area contributed by atoms with E-state index in [0.29, 0.717) is 12.5 Å². The van der Waals surface area contributed by atoms with Crippen LogP contribution >= 0.6 is 0 Å². The molecule has 1 unspecified atom stereocenters. The number of carbonyl (C=O) groups excluding carboxylic acids is 1. The maximum Gasteiger partial charge on any atom is 0.310 e. The van der Waals surface area contributed by atoms with Gasteiger partial charge in [-0.1, -0.05) is 13.8 Å². The van der Waals surface area contributed by atoms with Crippen LogP contribution < -0.4 is 0 Å². The second-order valence-corrected chi connectivity index (χ2v) is 6.08. The van der Waals surface area contributed by atoms with Crippen molar-refractivity contribution in [3.8, 4) is 0 Å². The molecule has 0 amide bonds. The third kappa shape index (κ3) is 4.52. The summed E-state index contributed by atoms with van der Waals surface area (Å²) in [5.74, 6) is 1.46. The van der Waals surface area contributed by atoms with E-state index >= 15 is 0 Å². The minimum absolute atomic E-state index is 0.000158. The van der Waals surface area contributed by atoms with E-state index in [1.165, 1.54) is 0 Å². The Labute approximate surface area is 126 Å². The first kappa shape index (κ1) is 15.9. The molecule has 0 aromatic carbocycles. The Morgan fingerprint density at radius 1 is 1.52 bits per heavy atom. The van der Waals surface area contributed by atoms with E-state index in [-0.39, 0.29) is 11.9 Å². The van der Waals surface area contributed by atoms with Gasteiger partial charge in [0.2, 0.25) is 0 Å². The first-order chi connectivity index (χ1) is 10.1. The molecule has 21 heavy (non-hydrogen) atoms. The minimum atomic E-state index is -0.0640. The van der Waals surface area contributed by atoms with E-state index < -0.39 is 0 Å². The van der Waals surface area contributed by atoms with E-state index in [1.54, 1.807) is 6.33 Å². The molecule has 1 aromatic rings. The molecule has 0 aliphatic carbocycles. The third-order valence-electron chi connectivity index (χ3n) is 3.72. The van der Waals surface area contributed by atoms with Gasteiger partial charge in [0.05, 0.1) is 19.1 Å². The Morgan fingerprint density at radius 2 is 2.33 bits per heavy atom. The smallest absolute Gasteiger partial charge is 0.310 e. The van der Waals surface area contributed by atoms with E-state index in [4.69, 9.17) is 4.74 Å². The molecule has 118 valence electrons. The lowest BCUT2D eigenvalue weighted by Gasteiger charge is -2.31. The van der Waals surface area contributed by atoms with Crippen LogP contribution in [0.3, 0.4) is 0 Å². The van der Waals surface area contributed by atoms with Crippen molar-refractivity contribution in [3.05, 3.63) is 12.2 Å². The summed E-state index contributed by atoms with van der Waals surface area (Å²) in [4.78, 5) is 18.5. The molecule has 1 saturated heterocycles. The highest BCUT2D eigenvalue weighted by Gasteiger charge is 2.27. The molecule has 1 aliphatic heterocycles. The molecule has 1 atom stereocenters. The molecule has 6 nitrogen and oxygen atoms in total.